The van der Waals surface area contributed by atoms with Crippen LogP contribution in [0.15, 0.2) is 12.2 Å². The van der Waals surface area contributed by atoms with Gasteiger partial charge in [-0.15, -0.1) is 0 Å². The van der Waals surface area contributed by atoms with E-state index < -0.39 is 134 Å². The van der Waals surface area contributed by atoms with Crippen LogP contribution in [0.5, 0.6) is 0 Å². The van der Waals surface area contributed by atoms with Gasteiger partial charge in [-0.2, -0.15) is 0 Å². The van der Waals surface area contributed by atoms with E-state index >= 15 is 0 Å². The molecule has 0 spiro atoms. The molecule has 3 saturated heterocycles. The molecule has 3 fully saturated rings. The molecular formula is C42H67NO17. The van der Waals surface area contributed by atoms with E-state index in [0.29, 0.717) is 6.29 Å². The van der Waals surface area contributed by atoms with Crippen molar-refractivity contribution < 1.29 is 81.9 Å². The number of epoxide rings is 1. The first-order chi connectivity index (χ1) is 28.1. The molecule has 4 aliphatic rings. The second-order valence-electron chi connectivity index (χ2n) is 17.6. The maximum Gasteiger partial charge on any atom is 0.310 e. The Morgan fingerprint density at radius 2 is 1.65 bits per heavy atom. The van der Waals surface area contributed by atoms with Crippen molar-refractivity contribution in [1.29, 1.82) is 0 Å². The number of ether oxygens (including phenoxy) is 9. The molecule has 0 amide bonds. The summed E-state index contributed by atoms with van der Waals surface area (Å²) in [6.07, 6.45) is -11.7. The second kappa shape index (κ2) is 21.4. The Morgan fingerprint density at radius 3 is 2.23 bits per heavy atom. The molecule has 3 N–H and O–H groups in total. The van der Waals surface area contributed by atoms with Gasteiger partial charge in [0.25, 0.3) is 0 Å². The number of aliphatic hydroxyl groups is 3. The van der Waals surface area contributed by atoms with Crippen molar-refractivity contribution in [2.45, 2.75) is 185 Å². The van der Waals surface area contributed by atoms with Gasteiger partial charge in [-0.3, -0.25) is 19.2 Å². The smallest absolute Gasteiger partial charge is 0.310 e. The molecule has 0 aromatic heterocycles. The van der Waals surface area contributed by atoms with Crippen molar-refractivity contribution in [1.82, 2.24) is 4.90 Å². The molecule has 0 aromatic rings. The number of likely N-dealkylation sites (N-methyl/N-ethyl adjacent to an activating group) is 1. The maximum atomic E-state index is 13.4. The van der Waals surface area contributed by atoms with E-state index in [4.69, 9.17) is 42.6 Å². The monoisotopic (exact) mass is 857 g/mol. The van der Waals surface area contributed by atoms with E-state index in [9.17, 15) is 39.3 Å². The molecule has 0 radical (unpaired) electrons. The number of hydrogen-bond acceptors (Lipinski definition) is 18. The van der Waals surface area contributed by atoms with Crippen molar-refractivity contribution in [2.24, 2.45) is 17.8 Å². The van der Waals surface area contributed by atoms with Gasteiger partial charge < -0.3 is 67.6 Å². The molecular weight excluding hydrogens is 790 g/mol. The zero-order chi connectivity index (χ0) is 44.8. The fourth-order valence-electron chi connectivity index (χ4n) is 8.51. The lowest BCUT2D eigenvalue weighted by atomic mass is 9.83. The molecule has 18 atom stereocenters. The molecule has 18 nitrogen and oxygen atoms in total. The molecule has 0 bridgehead atoms. The summed E-state index contributed by atoms with van der Waals surface area (Å²) in [5.74, 6) is -3.78. The molecule has 342 valence electrons. The van der Waals surface area contributed by atoms with E-state index in [1.165, 1.54) is 26.2 Å². The van der Waals surface area contributed by atoms with Gasteiger partial charge >= 0.3 is 17.9 Å². The number of aldehydes is 1. The minimum absolute atomic E-state index is 0.0590. The largest absolute Gasteiger partial charge is 0.460 e. The average Bonchev–Trinajstić information content (AvgIpc) is 3.91. The Balaban J connectivity index is 1.65. The Hall–Kier alpha value is -2.91. The van der Waals surface area contributed by atoms with Crippen molar-refractivity contribution in [2.75, 3.05) is 21.2 Å². The van der Waals surface area contributed by atoms with Crippen LogP contribution in [-0.4, -0.2) is 169 Å². The van der Waals surface area contributed by atoms with Gasteiger partial charge in [0.2, 0.25) is 0 Å². The summed E-state index contributed by atoms with van der Waals surface area (Å²) in [6, 6.07) is -0.827. The molecule has 4 rings (SSSR count). The number of esters is 3. The van der Waals surface area contributed by atoms with Crippen molar-refractivity contribution in [3.63, 3.8) is 0 Å². The molecule has 18 unspecified atom stereocenters. The zero-order valence-electron chi connectivity index (χ0n) is 36.7. The highest BCUT2D eigenvalue weighted by Gasteiger charge is 2.53. The Bertz CT molecular complexity index is 1500. The lowest BCUT2D eigenvalue weighted by molar-refractivity contribution is -0.344. The highest BCUT2D eigenvalue weighted by atomic mass is 16.7. The number of rotatable bonds is 12. The number of methoxy groups -OCH3 is 1. The predicted octanol–water partition coefficient (Wildman–Crippen LogP) is 1.40. The lowest BCUT2D eigenvalue weighted by Crippen LogP contribution is -2.66. The number of ketones is 1. The molecule has 4 heterocycles. The number of allylic oxidation sites excluding steroid dienone is 1. The van der Waals surface area contributed by atoms with Crippen LogP contribution in [0, 0.1) is 17.8 Å². The first-order valence-corrected chi connectivity index (χ1v) is 20.8. The van der Waals surface area contributed by atoms with Crippen LogP contribution in [0.25, 0.3) is 0 Å². The van der Waals surface area contributed by atoms with Crippen molar-refractivity contribution in [3.05, 3.63) is 12.2 Å². The third-order valence-corrected chi connectivity index (χ3v) is 11.6. The summed E-state index contributed by atoms with van der Waals surface area (Å²) in [4.78, 5) is 65.8. The van der Waals surface area contributed by atoms with E-state index in [2.05, 4.69) is 0 Å². The van der Waals surface area contributed by atoms with Crippen LogP contribution in [0.2, 0.25) is 0 Å². The first kappa shape index (κ1) is 49.7. The number of nitrogens with zero attached hydrogens (tertiary/aromatic N) is 1. The van der Waals surface area contributed by atoms with Gasteiger partial charge in [0.15, 0.2) is 24.5 Å². The van der Waals surface area contributed by atoms with Crippen LogP contribution in [0.4, 0.5) is 0 Å². The third-order valence-electron chi connectivity index (χ3n) is 11.6. The molecule has 0 aliphatic carbocycles. The molecule has 0 saturated carbocycles. The van der Waals surface area contributed by atoms with Crippen LogP contribution >= 0.6 is 0 Å². The number of cyclic esters (lactones) is 1. The summed E-state index contributed by atoms with van der Waals surface area (Å²) in [5, 5.41) is 34.3. The van der Waals surface area contributed by atoms with Crippen molar-refractivity contribution in [3.8, 4) is 0 Å². The SMILES string of the molecule is COC1C(OC(C)=O)CC(=O)OC(C)C(O)C2OC2C=CC(=O)C(C)CC(CC=O)C1OC1OC(C)C(OC2CC(C)(O)C(OC(=O)CC(C)C)C(C)O2)C(N(C)C)C1O. The fourth-order valence-corrected chi connectivity index (χ4v) is 8.51. The highest BCUT2D eigenvalue weighted by Crippen LogP contribution is 2.38. The number of carbonyl (C=O) groups excluding carboxylic acids is 5. The quantitative estimate of drug-likeness (QED) is 0.109. The minimum atomic E-state index is -1.52. The minimum Gasteiger partial charge on any atom is -0.460 e. The van der Waals surface area contributed by atoms with E-state index in [1.54, 1.807) is 46.7 Å². The molecule has 60 heavy (non-hydrogen) atoms. The van der Waals surface area contributed by atoms with E-state index in [0.717, 1.165) is 6.92 Å². The summed E-state index contributed by atoms with van der Waals surface area (Å²) in [5.41, 5.74) is -1.52. The number of fused-ring (bicyclic) bond motifs is 1. The standard InChI is InChI=1S/C42H67NO17/c1-20(2)16-30(47)58-40-24(6)54-32(19-42(40,8)51)59-36-23(5)55-41(35(50)33(36)43(9)10)60-37-26(14-15-44)17-21(3)27(46)12-13-28-38(57-28)34(49)22(4)53-31(48)18-29(39(37)52-11)56-25(7)45/h12-13,15,20-24,26,28-29,32-41,49-51H,14,16-19H2,1-11H3. The second-order valence-corrected chi connectivity index (χ2v) is 17.6. The molecule has 18 heteroatoms. The normalized spacial score (nSPS) is 42.0. The number of carbonyl (C=O) groups is 5. The zero-order valence-corrected chi connectivity index (χ0v) is 36.7. The highest BCUT2D eigenvalue weighted by molar-refractivity contribution is 5.91. The summed E-state index contributed by atoms with van der Waals surface area (Å²) in [6.45, 7) is 13.0. The number of hydrogen-bond donors (Lipinski definition) is 3. The van der Waals surface area contributed by atoms with Crippen LogP contribution in [-0.2, 0) is 66.6 Å². The fraction of sp³-hybridized carbons (Fsp3) is 0.833. The third kappa shape index (κ3) is 12.8. The van der Waals surface area contributed by atoms with Crippen LogP contribution < -0.4 is 0 Å². The molecule has 0 aromatic carbocycles. The van der Waals surface area contributed by atoms with Gasteiger partial charge in [0.05, 0.1) is 30.8 Å². The van der Waals surface area contributed by atoms with Gasteiger partial charge in [-0.1, -0.05) is 20.8 Å². The van der Waals surface area contributed by atoms with Crippen molar-refractivity contribution >= 4 is 30.0 Å². The van der Waals surface area contributed by atoms with Gasteiger partial charge in [-0.05, 0) is 72.2 Å². The Morgan fingerprint density at radius 1 is 0.967 bits per heavy atom. The Kier molecular flexibility index (Phi) is 17.8. The van der Waals surface area contributed by atoms with E-state index in [-0.39, 0.29) is 37.4 Å². The summed E-state index contributed by atoms with van der Waals surface area (Å²) in [7, 11) is 4.75. The lowest BCUT2D eigenvalue weighted by Gasteiger charge is -2.50. The van der Waals surface area contributed by atoms with Gasteiger partial charge in [0, 0.05) is 39.2 Å². The average molecular weight is 858 g/mol. The predicted molar refractivity (Wildman–Crippen MR) is 210 cm³/mol. The van der Waals surface area contributed by atoms with E-state index in [1.807, 2.05) is 13.8 Å². The van der Waals surface area contributed by atoms with Gasteiger partial charge in [-0.25, -0.2) is 0 Å². The molecule has 4 aliphatic heterocycles. The first-order valence-electron chi connectivity index (χ1n) is 20.8. The maximum absolute atomic E-state index is 13.4. The van der Waals surface area contributed by atoms with Gasteiger partial charge in [0.1, 0.15) is 60.7 Å². The summed E-state index contributed by atoms with van der Waals surface area (Å²) >= 11 is 0. The summed E-state index contributed by atoms with van der Waals surface area (Å²) < 4.78 is 53.8. The Labute approximate surface area is 352 Å². The van der Waals surface area contributed by atoms with Crippen LogP contribution in [0.1, 0.15) is 87.5 Å². The number of aliphatic hydroxyl groups excluding tert-OH is 2. The topological polar surface area (TPSA) is 236 Å². The van der Waals surface area contributed by atoms with Crippen LogP contribution in [0.3, 0.4) is 0 Å².